The van der Waals surface area contributed by atoms with E-state index in [0.717, 1.165) is 31.3 Å². The fourth-order valence-electron chi connectivity index (χ4n) is 3.34. The van der Waals surface area contributed by atoms with Gasteiger partial charge in [0.15, 0.2) is 0 Å². The third-order valence-electron chi connectivity index (χ3n) is 5.01. The van der Waals surface area contributed by atoms with E-state index >= 15 is 0 Å². The normalized spacial score (nSPS) is 25.2. The number of nitrogens with zero attached hydrogens (tertiary/aromatic N) is 1. The van der Waals surface area contributed by atoms with Crippen molar-refractivity contribution in [3.8, 4) is 0 Å². The van der Waals surface area contributed by atoms with Crippen LogP contribution in [-0.4, -0.2) is 18.1 Å². The summed E-state index contributed by atoms with van der Waals surface area (Å²) in [6.07, 6.45) is 10.2. The van der Waals surface area contributed by atoms with Crippen molar-refractivity contribution in [2.75, 3.05) is 7.11 Å². The molecule has 0 unspecified atom stereocenters. The van der Waals surface area contributed by atoms with E-state index in [4.69, 9.17) is 9.72 Å². The highest BCUT2D eigenvalue weighted by molar-refractivity contribution is 7.11. The van der Waals surface area contributed by atoms with Gasteiger partial charge in [0, 0.05) is 30.5 Å². The number of aromatic nitrogens is 1. The van der Waals surface area contributed by atoms with Crippen molar-refractivity contribution in [1.82, 2.24) is 10.3 Å². The number of hydrogen-bond acceptors (Lipinski definition) is 4. The third-order valence-corrected chi connectivity index (χ3v) is 6.27. The van der Waals surface area contributed by atoms with Gasteiger partial charge in [0.05, 0.1) is 5.69 Å². The topological polar surface area (TPSA) is 34.1 Å². The van der Waals surface area contributed by atoms with Gasteiger partial charge in [0.1, 0.15) is 10.6 Å². The van der Waals surface area contributed by atoms with Crippen LogP contribution in [0.2, 0.25) is 0 Å². The van der Waals surface area contributed by atoms with Crippen molar-refractivity contribution < 1.29 is 4.74 Å². The summed E-state index contributed by atoms with van der Waals surface area (Å²) in [5.74, 6) is 0.742. The molecule has 110 valence electrons. The molecule has 0 saturated heterocycles. The van der Waals surface area contributed by atoms with Crippen LogP contribution in [0.1, 0.15) is 72.9 Å². The summed E-state index contributed by atoms with van der Waals surface area (Å²) in [6.45, 7) is 1.02. The highest BCUT2D eigenvalue weighted by Crippen LogP contribution is 2.48. The van der Waals surface area contributed by atoms with Crippen LogP contribution in [0.15, 0.2) is 0 Å². The van der Waals surface area contributed by atoms with E-state index in [0.29, 0.717) is 0 Å². The van der Waals surface area contributed by atoms with Crippen LogP contribution in [-0.2, 0) is 16.9 Å². The van der Waals surface area contributed by atoms with Gasteiger partial charge in [-0.25, -0.2) is 4.98 Å². The van der Waals surface area contributed by atoms with Crippen molar-refractivity contribution in [3.63, 3.8) is 0 Å². The van der Waals surface area contributed by atoms with Gasteiger partial charge in [-0.15, -0.1) is 11.3 Å². The van der Waals surface area contributed by atoms with Crippen molar-refractivity contribution in [1.29, 1.82) is 0 Å². The summed E-state index contributed by atoms with van der Waals surface area (Å²) in [6, 6.07) is 0.774. The molecule has 4 rings (SSSR count). The summed E-state index contributed by atoms with van der Waals surface area (Å²) in [5.41, 5.74) is 1.33. The van der Waals surface area contributed by atoms with E-state index in [1.54, 1.807) is 0 Å². The van der Waals surface area contributed by atoms with Gasteiger partial charge in [0.25, 0.3) is 0 Å². The summed E-state index contributed by atoms with van der Waals surface area (Å²) < 4.78 is 5.92. The molecule has 1 aromatic heterocycles. The minimum Gasteiger partial charge on any atom is -0.371 e. The second-order valence-corrected chi connectivity index (χ2v) is 7.75. The standard InChI is InChI=1S/C16H24N2OS/c1-19-16(8-2-3-9-16)15-18-14(11-4-5-11)13(20-15)10-17-12-6-7-12/h11-12,17H,2-10H2,1H3. The Bertz CT molecular complexity index is 485. The number of rotatable bonds is 6. The molecule has 3 fully saturated rings. The Morgan fingerprint density at radius 1 is 1.25 bits per heavy atom. The van der Waals surface area contributed by atoms with Crippen LogP contribution in [0, 0.1) is 0 Å². The minimum absolute atomic E-state index is 0.0634. The molecule has 1 aromatic rings. The Morgan fingerprint density at radius 2 is 2.00 bits per heavy atom. The average molecular weight is 292 g/mol. The summed E-state index contributed by atoms with van der Waals surface area (Å²) in [4.78, 5) is 6.53. The smallest absolute Gasteiger partial charge is 0.125 e. The van der Waals surface area contributed by atoms with E-state index in [9.17, 15) is 0 Å². The van der Waals surface area contributed by atoms with E-state index in [-0.39, 0.29) is 5.60 Å². The summed E-state index contributed by atoms with van der Waals surface area (Å²) in [5, 5.41) is 4.92. The first-order chi connectivity index (χ1) is 9.81. The maximum Gasteiger partial charge on any atom is 0.125 e. The fourth-order valence-corrected chi connectivity index (χ4v) is 4.66. The zero-order chi connectivity index (χ0) is 13.6. The van der Waals surface area contributed by atoms with E-state index < -0.39 is 0 Å². The van der Waals surface area contributed by atoms with E-state index in [2.05, 4.69) is 5.32 Å². The molecule has 4 heteroatoms. The maximum absolute atomic E-state index is 5.92. The Labute approximate surface area is 125 Å². The molecular weight excluding hydrogens is 268 g/mol. The van der Waals surface area contributed by atoms with Gasteiger partial charge in [-0.2, -0.15) is 0 Å². The number of methoxy groups -OCH3 is 1. The van der Waals surface area contributed by atoms with Crippen LogP contribution in [0.4, 0.5) is 0 Å². The van der Waals surface area contributed by atoms with Crippen LogP contribution in [0.25, 0.3) is 0 Å². The molecule has 3 saturated carbocycles. The largest absolute Gasteiger partial charge is 0.371 e. The van der Waals surface area contributed by atoms with Gasteiger partial charge in [-0.3, -0.25) is 0 Å². The molecule has 0 aromatic carbocycles. The number of thiazole rings is 1. The SMILES string of the molecule is COC1(c2nc(C3CC3)c(CNC3CC3)s2)CCCC1. The third kappa shape index (κ3) is 2.42. The van der Waals surface area contributed by atoms with Crippen molar-refractivity contribution in [2.45, 2.75) is 75.5 Å². The van der Waals surface area contributed by atoms with E-state index in [1.165, 1.54) is 54.1 Å². The lowest BCUT2D eigenvalue weighted by Gasteiger charge is -2.24. The quantitative estimate of drug-likeness (QED) is 0.868. The highest BCUT2D eigenvalue weighted by atomic mass is 32.1. The number of nitrogens with one attached hydrogen (secondary N) is 1. The van der Waals surface area contributed by atoms with E-state index in [1.807, 2.05) is 18.4 Å². The maximum atomic E-state index is 5.92. The zero-order valence-corrected chi connectivity index (χ0v) is 13.1. The molecule has 0 amide bonds. The summed E-state index contributed by atoms with van der Waals surface area (Å²) >= 11 is 1.92. The molecule has 0 bridgehead atoms. The predicted octanol–water partition coefficient (Wildman–Crippen LogP) is 3.69. The number of hydrogen-bond donors (Lipinski definition) is 1. The van der Waals surface area contributed by atoms with Gasteiger partial charge < -0.3 is 10.1 Å². The van der Waals surface area contributed by atoms with Gasteiger partial charge >= 0.3 is 0 Å². The monoisotopic (exact) mass is 292 g/mol. The minimum atomic E-state index is -0.0634. The van der Waals surface area contributed by atoms with Crippen LogP contribution in [0.5, 0.6) is 0 Å². The molecule has 3 nitrogen and oxygen atoms in total. The Kier molecular flexibility index (Phi) is 3.36. The van der Waals surface area contributed by atoms with Crippen molar-refractivity contribution >= 4 is 11.3 Å². The Hall–Kier alpha value is -0.450. The number of ether oxygens (including phenoxy) is 1. The van der Waals surface area contributed by atoms with Crippen LogP contribution >= 0.6 is 11.3 Å². The molecule has 20 heavy (non-hydrogen) atoms. The molecule has 3 aliphatic carbocycles. The molecule has 3 aliphatic rings. The molecule has 1 N–H and O–H groups in total. The molecular formula is C16H24N2OS. The first kappa shape index (κ1) is 13.2. The first-order valence-electron chi connectivity index (χ1n) is 8.09. The fraction of sp³-hybridized carbons (Fsp3) is 0.812. The van der Waals surface area contributed by atoms with Gasteiger partial charge in [-0.05, 0) is 38.5 Å². The Morgan fingerprint density at radius 3 is 2.60 bits per heavy atom. The second-order valence-electron chi connectivity index (χ2n) is 6.66. The molecule has 0 atom stereocenters. The van der Waals surface area contributed by atoms with Gasteiger partial charge in [-0.1, -0.05) is 12.8 Å². The molecule has 0 spiro atoms. The lowest BCUT2D eigenvalue weighted by molar-refractivity contribution is -0.00896. The highest BCUT2D eigenvalue weighted by Gasteiger charge is 2.41. The van der Waals surface area contributed by atoms with Crippen molar-refractivity contribution in [3.05, 3.63) is 15.6 Å². The molecule has 0 radical (unpaired) electrons. The lowest BCUT2D eigenvalue weighted by atomic mass is 10.0. The van der Waals surface area contributed by atoms with Crippen LogP contribution in [0.3, 0.4) is 0 Å². The zero-order valence-electron chi connectivity index (χ0n) is 12.3. The van der Waals surface area contributed by atoms with Crippen molar-refractivity contribution in [2.24, 2.45) is 0 Å². The molecule has 1 heterocycles. The summed E-state index contributed by atoms with van der Waals surface area (Å²) in [7, 11) is 1.87. The Balaban J connectivity index is 1.60. The van der Waals surface area contributed by atoms with Gasteiger partial charge in [0.2, 0.25) is 0 Å². The average Bonchev–Trinajstić information content (AvgIpc) is 3.39. The van der Waals surface area contributed by atoms with Crippen LogP contribution < -0.4 is 5.32 Å². The molecule has 0 aliphatic heterocycles. The first-order valence-corrected chi connectivity index (χ1v) is 8.91. The lowest BCUT2D eigenvalue weighted by Crippen LogP contribution is -2.24. The predicted molar refractivity (Wildman–Crippen MR) is 81.1 cm³/mol. The second kappa shape index (κ2) is 5.08.